The number of benzene rings is 2. The van der Waals surface area contributed by atoms with Crippen LogP contribution in [0.15, 0.2) is 46.4 Å². The number of carbonyl (C=O) groups excluding carboxylic acids is 1. The van der Waals surface area contributed by atoms with E-state index in [1.54, 1.807) is 25.1 Å². The Morgan fingerprint density at radius 1 is 1.20 bits per heavy atom. The molecule has 0 amide bonds. The van der Waals surface area contributed by atoms with Gasteiger partial charge in [0.25, 0.3) is 0 Å². The predicted molar refractivity (Wildman–Crippen MR) is 116 cm³/mol. The van der Waals surface area contributed by atoms with Gasteiger partial charge < -0.3 is 14.6 Å². The van der Waals surface area contributed by atoms with Crippen LogP contribution in [0.25, 0.3) is 0 Å². The van der Waals surface area contributed by atoms with Crippen molar-refractivity contribution >= 4 is 29.1 Å². The van der Waals surface area contributed by atoms with E-state index in [-0.39, 0.29) is 41.4 Å². The van der Waals surface area contributed by atoms with E-state index < -0.39 is 11.8 Å². The molecule has 0 saturated carbocycles. The third-order valence-corrected chi connectivity index (χ3v) is 4.34. The fourth-order valence-corrected chi connectivity index (χ4v) is 2.53. The number of carbonyl (C=O) groups is 1. The lowest BCUT2D eigenvalue weighted by Gasteiger charge is -2.14. The smallest absolute Gasteiger partial charge is 0.352 e. The summed E-state index contributed by atoms with van der Waals surface area (Å²) in [4.78, 5) is 21.0. The number of aliphatic imine (C=N–C) groups is 2. The summed E-state index contributed by atoms with van der Waals surface area (Å²) in [5.74, 6) is -0.950. The van der Waals surface area contributed by atoms with Crippen molar-refractivity contribution in [1.29, 1.82) is 0 Å². The minimum atomic E-state index is -0.593. The van der Waals surface area contributed by atoms with Crippen molar-refractivity contribution in [3.8, 4) is 17.2 Å². The van der Waals surface area contributed by atoms with Crippen molar-refractivity contribution in [2.45, 2.75) is 40.2 Å². The number of halogens is 2. The highest BCUT2D eigenvalue weighted by Gasteiger charge is 2.17. The maximum atomic E-state index is 13.3. The van der Waals surface area contributed by atoms with Gasteiger partial charge in [0.15, 0.2) is 17.3 Å². The molecule has 30 heavy (non-hydrogen) atoms. The van der Waals surface area contributed by atoms with Crippen LogP contribution < -0.4 is 4.74 Å². The highest BCUT2D eigenvalue weighted by atomic mass is 35.5. The van der Waals surface area contributed by atoms with Crippen LogP contribution in [0.1, 0.15) is 39.7 Å². The zero-order valence-electron chi connectivity index (χ0n) is 17.3. The number of aromatic hydroxyl groups is 1. The van der Waals surface area contributed by atoms with Gasteiger partial charge in [-0.25, -0.2) is 14.2 Å². The highest BCUT2D eigenvalue weighted by Crippen LogP contribution is 2.34. The number of hydrogen-bond acceptors (Lipinski definition) is 5. The third kappa shape index (κ3) is 6.29. The standard InChI is InChI=1S/C22H24ClFN2O4/c1-5-13(3)25-21(26-14(4)22(28)29-6-2)17-11-15(23)7-9-19(17)30-20-10-8-16(24)12-18(20)27/h7-13,27H,5-6H2,1-4H3. The van der Waals surface area contributed by atoms with E-state index in [0.717, 1.165) is 12.5 Å². The van der Waals surface area contributed by atoms with Crippen molar-refractivity contribution in [1.82, 2.24) is 0 Å². The fraction of sp³-hybridized carbons (Fsp3) is 0.318. The topological polar surface area (TPSA) is 80.5 Å². The number of esters is 1. The van der Waals surface area contributed by atoms with Crippen LogP contribution in [0, 0.1) is 5.82 Å². The molecule has 0 bridgehead atoms. The molecule has 160 valence electrons. The average molecular weight is 435 g/mol. The summed E-state index contributed by atoms with van der Waals surface area (Å²) in [6.45, 7) is 7.34. The molecule has 1 atom stereocenters. The molecule has 0 fully saturated rings. The van der Waals surface area contributed by atoms with E-state index in [1.165, 1.54) is 19.1 Å². The van der Waals surface area contributed by atoms with E-state index in [0.29, 0.717) is 10.6 Å². The van der Waals surface area contributed by atoms with Gasteiger partial charge >= 0.3 is 5.97 Å². The quantitative estimate of drug-likeness (QED) is 0.352. The molecule has 0 aliphatic rings. The summed E-state index contributed by atoms with van der Waals surface area (Å²) in [6, 6.07) is 8.11. The van der Waals surface area contributed by atoms with Crippen molar-refractivity contribution in [2.75, 3.05) is 6.61 Å². The molecule has 0 aliphatic carbocycles. The highest BCUT2D eigenvalue weighted by molar-refractivity contribution is 6.38. The number of ether oxygens (including phenoxy) is 2. The van der Waals surface area contributed by atoms with Crippen molar-refractivity contribution in [3.05, 3.63) is 52.8 Å². The molecule has 0 aromatic heterocycles. The van der Waals surface area contributed by atoms with Crippen LogP contribution in [0.3, 0.4) is 0 Å². The second-order valence-corrected chi connectivity index (χ2v) is 6.92. The Bertz CT molecular complexity index is 976. The molecule has 0 heterocycles. The summed E-state index contributed by atoms with van der Waals surface area (Å²) in [6.07, 6.45) is 0.743. The van der Waals surface area contributed by atoms with Crippen LogP contribution in [0.2, 0.25) is 5.02 Å². The van der Waals surface area contributed by atoms with E-state index >= 15 is 0 Å². The Balaban J connectivity index is 2.57. The van der Waals surface area contributed by atoms with Gasteiger partial charge in [0.05, 0.1) is 12.2 Å². The molecule has 1 N–H and O–H groups in total. The average Bonchev–Trinajstić information content (AvgIpc) is 2.70. The molecule has 8 heteroatoms. The normalized spacial score (nSPS) is 13.1. The summed E-state index contributed by atoms with van der Waals surface area (Å²) in [5.41, 5.74) is 0.532. The van der Waals surface area contributed by atoms with Gasteiger partial charge in [-0.15, -0.1) is 0 Å². The Kier molecular flexibility index (Phi) is 8.35. The number of amidine groups is 1. The number of hydrogen-bond donors (Lipinski definition) is 1. The van der Waals surface area contributed by atoms with Gasteiger partial charge in [-0.2, -0.15) is 0 Å². The Morgan fingerprint density at radius 2 is 1.90 bits per heavy atom. The molecular weight excluding hydrogens is 411 g/mol. The summed E-state index contributed by atoms with van der Waals surface area (Å²) < 4.78 is 24.1. The van der Waals surface area contributed by atoms with Gasteiger partial charge in [-0.05, 0) is 57.5 Å². The molecule has 0 radical (unpaired) electrons. The zero-order valence-corrected chi connectivity index (χ0v) is 18.0. The first-order chi connectivity index (χ1) is 14.2. The maximum absolute atomic E-state index is 13.3. The second-order valence-electron chi connectivity index (χ2n) is 6.48. The molecule has 0 saturated heterocycles. The van der Waals surface area contributed by atoms with Crippen LogP contribution in [0.5, 0.6) is 17.2 Å². The summed E-state index contributed by atoms with van der Waals surface area (Å²) >= 11 is 6.19. The van der Waals surface area contributed by atoms with Gasteiger partial charge in [0, 0.05) is 17.1 Å². The Morgan fingerprint density at radius 3 is 2.53 bits per heavy atom. The lowest BCUT2D eigenvalue weighted by Crippen LogP contribution is -2.17. The predicted octanol–water partition coefficient (Wildman–Crippen LogP) is 5.55. The zero-order chi connectivity index (χ0) is 22.3. The van der Waals surface area contributed by atoms with Crippen molar-refractivity contribution in [3.63, 3.8) is 0 Å². The molecule has 0 spiro atoms. The van der Waals surface area contributed by atoms with Crippen LogP contribution in [-0.2, 0) is 9.53 Å². The molecule has 6 nitrogen and oxygen atoms in total. The SMILES string of the molecule is CCOC(=O)C(C)=NC(=NC(C)CC)c1cc(Cl)ccc1Oc1ccc(F)cc1O. The van der Waals surface area contributed by atoms with Gasteiger partial charge in [-0.1, -0.05) is 18.5 Å². The van der Waals surface area contributed by atoms with Gasteiger partial charge in [-0.3, -0.25) is 4.99 Å². The monoisotopic (exact) mass is 434 g/mol. The molecule has 0 aliphatic heterocycles. The summed E-state index contributed by atoms with van der Waals surface area (Å²) in [7, 11) is 0. The molecule has 2 rings (SSSR count). The number of phenols is 1. The lowest BCUT2D eigenvalue weighted by molar-refractivity contribution is -0.135. The molecule has 2 aromatic rings. The minimum Gasteiger partial charge on any atom is -0.504 e. The number of rotatable bonds is 7. The van der Waals surface area contributed by atoms with Gasteiger partial charge in [0.1, 0.15) is 17.3 Å². The largest absolute Gasteiger partial charge is 0.504 e. The minimum absolute atomic E-state index is 0.0500. The molecule has 2 aromatic carbocycles. The van der Waals surface area contributed by atoms with E-state index in [2.05, 4.69) is 9.98 Å². The number of phenolic OH excluding ortho intramolecular Hbond substituents is 1. The lowest BCUT2D eigenvalue weighted by atomic mass is 10.1. The van der Waals surface area contributed by atoms with Crippen LogP contribution in [-0.4, -0.2) is 35.3 Å². The van der Waals surface area contributed by atoms with Crippen LogP contribution >= 0.6 is 11.6 Å². The third-order valence-electron chi connectivity index (χ3n) is 4.10. The second kappa shape index (κ2) is 10.7. The molecular formula is C22H24ClFN2O4. The van der Waals surface area contributed by atoms with Gasteiger partial charge in [0.2, 0.25) is 0 Å². The fourth-order valence-electron chi connectivity index (χ4n) is 2.36. The van der Waals surface area contributed by atoms with E-state index in [1.807, 2.05) is 13.8 Å². The summed E-state index contributed by atoms with van der Waals surface area (Å²) in [5, 5.41) is 10.4. The van der Waals surface area contributed by atoms with Crippen molar-refractivity contribution in [2.24, 2.45) is 9.98 Å². The molecule has 1 unspecified atom stereocenters. The first kappa shape index (κ1) is 23.3. The Labute approximate surface area is 180 Å². The first-order valence-corrected chi connectivity index (χ1v) is 9.89. The van der Waals surface area contributed by atoms with E-state index in [4.69, 9.17) is 21.1 Å². The number of nitrogens with zero attached hydrogens (tertiary/aromatic N) is 2. The van der Waals surface area contributed by atoms with Crippen molar-refractivity contribution < 1.29 is 23.8 Å². The first-order valence-electron chi connectivity index (χ1n) is 9.51. The Hall–Kier alpha value is -2.93. The van der Waals surface area contributed by atoms with E-state index in [9.17, 15) is 14.3 Å². The maximum Gasteiger partial charge on any atom is 0.352 e. The van der Waals surface area contributed by atoms with Crippen LogP contribution in [0.4, 0.5) is 4.39 Å².